The summed E-state index contributed by atoms with van der Waals surface area (Å²) in [7, 11) is 0. The Balaban J connectivity index is 1.77. The van der Waals surface area contributed by atoms with Crippen LogP contribution in [0.4, 0.5) is 5.69 Å². The fraction of sp³-hybridized carbons (Fsp3) is 0.300. The first-order chi connectivity index (χ1) is 12.1. The lowest BCUT2D eigenvalue weighted by Crippen LogP contribution is -2.41. The SMILES string of the molecule is CC(C(=O)Nc1ccccc1C(=O)c1ccccc1)N1CC[C@@H](O)C1. The highest BCUT2D eigenvalue weighted by molar-refractivity contribution is 6.14. The van der Waals surface area contributed by atoms with E-state index in [-0.39, 0.29) is 23.8 Å². The number of benzene rings is 2. The molecular formula is C20H22N2O3. The zero-order chi connectivity index (χ0) is 17.8. The van der Waals surface area contributed by atoms with Crippen LogP contribution in [0.5, 0.6) is 0 Å². The fourth-order valence-electron chi connectivity index (χ4n) is 3.06. The standard InChI is InChI=1S/C20H22N2O3/c1-14(22-12-11-16(23)13-22)20(25)21-18-10-6-5-9-17(18)19(24)15-7-3-2-4-8-15/h2-10,14,16,23H,11-13H2,1H3,(H,21,25)/t14?,16-/m1/s1. The molecule has 25 heavy (non-hydrogen) atoms. The molecule has 0 aliphatic carbocycles. The summed E-state index contributed by atoms with van der Waals surface area (Å²) in [4.78, 5) is 27.2. The Morgan fingerprint density at radius 2 is 1.80 bits per heavy atom. The van der Waals surface area contributed by atoms with Gasteiger partial charge >= 0.3 is 0 Å². The third kappa shape index (κ3) is 3.95. The van der Waals surface area contributed by atoms with Gasteiger partial charge in [-0.25, -0.2) is 0 Å². The predicted octanol–water partition coefficient (Wildman–Crippen LogP) is 2.31. The second-order valence-electron chi connectivity index (χ2n) is 6.34. The first-order valence-corrected chi connectivity index (χ1v) is 8.48. The summed E-state index contributed by atoms with van der Waals surface area (Å²) in [5, 5.41) is 12.5. The first kappa shape index (κ1) is 17.3. The molecule has 1 heterocycles. The van der Waals surface area contributed by atoms with Gasteiger partial charge in [0.05, 0.1) is 17.8 Å². The van der Waals surface area contributed by atoms with Gasteiger partial charge in [-0.1, -0.05) is 42.5 Å². The van der Waals surface area contributed by atoms with Crippen LogP contribution < -0.4 is 5.32 Å². The van der Waals surface area contributed by atoms with E-state index in [9.17, 15) is 14.7 Å². The van der Waals surface area contributed by atoms with E-state index in [4.69, 9.17) is 0 Å². The third-order valence-electron chi connectivity index (χ3n) is 4.59. The third-order valence-corrected chi connectivity index (χ3v) is 4.59. The number of para-hydroxylation sites is 1. The van der Waals surface area contributed by atoms with E-state index in [0.29, 0.717) is 36.3 Å². The second-order valence-corrected chi connectivity index (χ2v) is 6.34. The number of hydrogen-bond acceptors (Lipinski definition) is 4. The number of nitrogens with zero attached hydrogens (tertiary/aromatic N) is 1. The fourth-order valence-corrected chi connectivity index (χ4v) is 3.06. The summed E-state index contributed by atoms with van der Waals surface area (Å²) >= 11 is 0. The number of ketones is 1. The van der Waals surface area contributed by atoms with E-state index in [0.717, 1.165) is 0 Å². The molecule has 1 aliphatic rings. The Bertz CT molecular complexity index is 761. The van der Waals surface area contributed by atoms with E-state index in [1.165, 1.54) is 0 Å². The predicted molar refractivity (Wildman–Crippen MR) is 96.6 cm³/mol. The lowest BCUT2D eigenvalue weighted by Gasteiger charge is -2.23. The molecule has 3 rings (SSSR count). The van der Waals surface area contributed by atoms with Crippen molar-refractivity contribution in [1.29, 1.82) is 0 Å². The molecule has 0 radical (unpaired) electrons. The Kier molecular flexibility index (Phi) is 5.26. The molecule has 1 amide bonds. The number of nitrogens with one attached hydrogen (secondary N) is 1. The van der Waals surface area contributed by atoms with E-state index >= 15 is 0 Å². The number of aliphatic hydroxyl groups excluding tert-OH is 1. The van der Waals surface area contributed by atoms with Crippen LogP contribution in [0.2, 0.25) is 0 Å². The number of hydrogen-bond donors (Lipinski definition) is 2. The highest BCUT2D eigenvalue weighted by atomic mass is 16.3. The lowest BCUT2D eigenvalue weighted by atomic mass is 10.0. The van der Waals surface area contributed by atoms with Crippen LogP contribution in [0, 0.1) is 0 Å². The van der Waals surface area contributed by atoms with Crippen LogP contribution in [0.25, 0.3) is 0 Å². The van der Waals surface area contributed by atoms with Crippen molar-refractivity contribution in [3.63, 3.8) is 0 Å². The Labute approximate surface area is 147 Å². The molecule has 1 fully saturated rings. The minimum atomic E-state index is -0.373. The van der Waals surface area contributed by atoms with Gasteiger partial charge in [0.25, 0.3) is 0 Å². The van der Waals surface area contributed by atoms with Gasteiger partial charge in [-0.3, -0.25) is 14.5 Å². The van der Waals surface area contributed by atoms with E-state index in [2.05, 4.69) is 5.32 Å². The van der Waals surface area contributed by atoms with Gasteiger partial charge < -0.3 is 10.4 Å². The Morgan fingerprint density at radius 1 is 1.12 bits per heavy atom. The van der Waals surface area contributed by atoms with Crippen LogP contribution in [0.1, 0.15) is 29.3 Å². The van der Waals surface area contributed by atoms with Gasteiger partial charge in [-0.15, -0.1) is 0 Å². The van der Waals surface area contributed by atoms with Gasteiger partial charge in [0.2, 0.25) is 5.91 Å². The summed E-state index contributed by atoms with van der Waals surface area (Å²) in [6.07, 6.45) is 0.308. The molecule has 0 aromatic heterocycles. The van der Waals surface area contributed by atoms with Crippen molar-refractivity contribution in [2.75, 3.05) is 18.4 Å². The molecule has 130 valence electrons. The van der Waals surface area contributed by atoms with Crippen molar-refractivity contribution in [1.82, 2.24) is 4.90 Å². The van der Waals surface area contributed by atoms with Crippen LogP contribution >= 0.6 is 0 Å². The maximum absolute atomic E-state index is 12.7. The van der Waals surface area contributed by atoms with Gasteiger partial charge in [-0.05, 0) is 25.5 Å². The van der Waals surface area contributed by atoms with Crippen LogP contribution in [-0.2, 0) is 4.79 Å². The van der Waals surface area contributed by atoms with E-state index in [1.54, 1.807) is 36.4 Å². The molecule has 5 nitrogen and oxygen atoms in total. The molecule has 0 spiro atoms. The van der Waals surface area contributed by atoms with Crippen LogP contribution in [-0.4, -0.2) is 46.9 Å². The highest BCUT2D eigenvalue weighted by Gasteiger charge is 2.29. The summed E-state index contributed by atoms with van der Waals surface area (Å²) in [5.74, 6) is -0.303. The minimum Gasteiger partial charge on any atom is -0.392 e. The molecule has 2 aromatic rings. The normalized spacial score (nSPS) is 18.7. The lowest BCUT2D eigenvalue weighted by molar-refractivity contribution is -0.120. The van der Waals surface area contributed by atoms with Gasteiger partial charge in [-0.2, -0.15) is 0 Å². The van der Waals surface area contributed by atoms with Crippen molar-refractivity contribution < 1.29 is 14.7 Å². The zero-order valence-corrected chi connectivity index (χ0v) is 14.2. The molecule has 1 unspecified atom stereocenters. The molecule has 2 atom stereocenters. The van der Waals surface area contributed by atoms with Gasteiger partial charge in [0, 0.05) is 24.2 Å². The van der Waals surface area contributed by atoms with Crippen molar-refractivity contribution in [3.8, 4) is 0 Å². The minimum absolute atomic E-state index is 0.124. The zero-order valence-electron chi connectivity index (χ0n) is 14.2. The molecule has 0 saturated carbocycles. The number of rotatable bonds is 5. The Hall–Kier alpha value is -2.50. The number of carbonyl (C=O) groups excluding carboxylic acids is 2. The smallest absolute Gasteiger partial charge is 0.241 e. The summed E-state index contributed by atoms with van der Waals surface area (Å²) in [6.45, 7) is 3.01. The molecule has 2 N–H and O–H groups in total. The first-order valence-electron chi connectivity index (χ1n) is 8.48. The maximum Gasteiger partial charge on any atom is 0.241 e. The van der Waals surface area contributed by atoms with Gasteiger partial charge in [0.1, 0.15) is 0 Å². The van der Waals surface area contributed by atoms with E-state index in [1.807, 2.05) is 30.0 Å². The monoisotopic (exact) mass is 338 g/mol. The Morgan fingerprint density at radius 3 is 2.48 bits per heavy atom. The number of amides is 1. The summed E-state index contributed by atoms with van der Waals surface area (Å²) < 4.78 is 0. The molecule has 0 bridgehead atoms. The van der Waals surface area contributed by atoms with Gasteiger partial charge in [0.15, 0.2) is 5.78 Å². The summed E-state index contributed by atoms with van der Waals surface area (Å²) in [6, 6.07) is 15.7. The average molecular weight is 338 g/mol. The van der Waals surface area contributed by atoms with Crippen molar-refractivity contribution in [3.05, 3.63) is 65.7 Å². The van der Waals surface area contributed by atoms with Crippen LogP contribution in [0.3, 0.4) is 0 Å². The average Bonchev–Trinajstić information content (AvgIpc) is 3.08. The van der Waals surface area contributed by atoms with Crippen molar-refractivity contribution >= 4 is 17.4 Å². The number of aliphatic hydroxyl groups is 1. The maximum atomic E-state index is 12.7. The topological polar surface area (TPSA) is 69.6 Å². The summed E-state index contributed by atoms with van der Waals surface area (Å²) in [5.41, 5.74) is 1.56. The highest BCUT2D eigenvalue weighted by Crippen LogP contribution is 2.21. The number of β-amino-alcohol motifs (C(OH)–C–C–N with tert-alkyl or cyclic N) is 1. The molecule has 1 saturated heterocycles. The second kappa shape index (κ2) is 7.59. The molecule has 5 heteroatoms. The van der Waals surface area contributed by atoms with Crippen LogP contribution in [0.15, 0.2) is 54.6 Å². The van der Waals surface area contributed by atoms with Crippen molar-refractivity contribution in [2.45, 2.75) is 25.5 Å². The molecular weight excluding hydrogens is 316 g/mol. The number of likely N-dealkylation sites (tertiary alicyclic amines) is 1. The largest absolute Gasteiger partial charge is 0.392 e. The molecule has 2 aromatic carbocycles. The molecule has 1 aliphatic heterocycles. The number of anilines is 1. The number of carbonyl (C=O) groups is 2. The van der Waals surface area contributed by atoms with E-state index < -0.39 is 0 Å². The van der Waals surface area contributed by atoms with Crippen molar-refractivity contribution in [2.24, 2.45) is 0 Å². The quantitative estimate of drug-likeness (QED) is 0.821.